The number of β-amino-alcohol motifs (C(OH)–C–C–N with tert-alkyl or cyclic N) is 1. The highest BCUT2D eigenvalue weighted by atomic mass is 16.5. The standard InChI is InChI=1S/C9H18N2O2/c12-9-6-10-5-8(9)11-4-7-2-1-3-13-7/h7-12H,1-6H2/t7?,8-,9-/m1/s1. The van der Waals surface area contributed by atoms with Crippen molar-refractivity contribution in [1.82, 2.24) is 10.6 Å². The lowest BCUT2D eigenvalue weighted by molar-refractivity contribution is 0.0982. The van der Waals surface area contributed by atoms with Crippen LogP contribution in [0.15, 0.2) is 0 Å². The van der Waals surface area contributed by atoms with Crippen molar-refractivity contribution >= 4 is 0 Å². The number of hydrogen-bond acceptors (Lipinski definition) is 4. The average molecular weight is 186 g/mol. The number of aliphatic hydroxyl groups is 1. The molecule has 13 heavy (non-hydrogen) atoms. The van der Waals surface area contributed by atoms with Crippen molar-refractivity contribution in [2.45, 2.75) is 31.1 Å². The van der Waals surface area contributed by atoms with Gasteiger partial charge in [0.25, 0.3) is 0 Å². The van der Waals surface area contributed by atoms with Gasteiger partial charge in [-0.2, -0.15) is 0 Å². The third-order valence-corrected chi connectivity index (χ3v) is 2.81. The lowest BCUT2D eigenvalue weighted by Crippen LogP contribution is -2.42. The highest BCUT2D eigenvalue weighted by molar-refractivity contribution is 4.87. The lowest BCUT2D eigenvalue weighted by atomic mass is 10.2. The van der Waals surface area contributed by atoms with E-state index in [1.165, 1.54) is 6.42 Å². The number of hydrogen-bond donors (Lipinski definition) is 3. The Morgan fingerprint density at radius 2 is 2.38 bits per heavy atom. The smallest absolute Gasteiger partial charge is 0.0829 e. The van der Waals surface area contributed by atoms with Gasteiger partial charge in [-0.3, -0.25) is 0 Å². The summed E-state index contributed by atoms with van der Waals surface area (Å²) < 4.78 is 5.48. The lowest BCUT2D eigenvalue weighted by Gasteiger charge is -2.18. The van der Waals surface area contributed by atoms with Gasteiger partial charge in [0.2, 0.25) is 0 Å². The third kappa shape index (κ3) is 2.40. The molecule has 0 saturated carbocycles. The largest absolute Gasteiger partial charge is 0.390 e. The van der Waals surface area contributed by atoms with E-state index >= 15 is 0 Å². The van der Waals surface area contributed by atoms with Crippen LogP contribution in [0.4, 0.5) is 0 Å². The van der Waals surface area contributed by atoms with Crippen LogP contribution < -0.4 is 10.6 Å². The second-order valence-electron chi connectivity index (χ2n) is 3.88. The van der Waals surface area contributed by atoms with Crippen LogP contribution in [0, 0.1) is 0 Å². The molecule has 0 spiro atoms. The van der Waals surface area contributed by atoms with Crippen LogP contribution >= 0.6 is 0 Å². The molecule has 0 aromatic carbocycles. The molecule has 4 nitrogen and oxygen atoms in total. The maximum atomic E-state index is 9.50. The molecule has 2 aliphatic heterocycles. The minimum atomic E-state index is -0.235. The maximum Gasteiger partial charge on any atom is 0.0829 e. The number of nitrogens with one attached hydrogen (secondary N) is 2. The summed E-state index contributed by atoms with van der Waals surface area (Å²) in [7, 11) is 0. The fraction of sp³-hybridized carbons (Fsp3) is 1.00. The van der Waals surface area contributed by atoms with Crippen LogP contribution in [0.5, 0.6) is 0 Å². The zero-order valence-corrected chi connectivity index (χ0v) is 7.83. The number of ether oxygens (including phenoxy) is 1. The van der Waals surface area contributed by atoms with Crippen LogP contribution in [-0.2, 0) is 4.74 Å². The summed E-state index contributed by atoms with van der Waals surface area (Å²) in [5, 5.41) is 16.0. The Balaban J connectivity index is 1.66. The first-order valence-corrected chi connectivity index (χ1v) is 5.10. The molecule has 2 aliphatic rings. The Kier molecular flexibility index (Phi) is 3.16. The molecule has 76 valence electrons. The first-order chi connectivity index (χ1) is 6.36. The zero-order valence-electron chi connectivity index (χ0n) is 7.83. The van der Waals surface area contributed by atoms with Gasteiger partial charge in [-0.25, -0.2) is 0 Å². The molecule has 2 saturated heterocycles. The van der Waals surface area contributed by atoms with E-state index < -0.39 is 0 Å². The van der Waals surface area contributed by atoms with Crippen molar-refractivity contribution in [2.24, 2.45) is 0 Å². The molecule has 0 aliphatic carbocycles. The molecule has 0 aromatic heterocycles. The van der Waals surface area contributed by atoms with E-state index in [0.29, 0.717) is 12.6 Å². The van der Waals surface area contributed by atoms with Crippen LogP contribution in [0.1, 0.15) is 12.8 Å². The van der Waals surface area contributed by atoms with Crippen molar-refractivity contribution < 1.29 is 9.84 Å². The summed E-state index contributed by atoms with van der Waals surface area (Å²) >= 11 is 0. The van der Waals surface area contributed by atoms with E-state index in [1.54, 1.807) is 0 Å². The molecule has 0 bridgehead atoms. The topological polar surface area (TPSA) is 53.5 Å². The molecule has 0 aromatic rings. The zero-order chi connectivity index (χ0) is 9.10. The summed E-state index contributed by atoms with van der Waals surface area (Å²) in [6.07, 6.45) is 2.47. The third-order valence-electron chi connectivity index (χ3n) is 2.81. The Hall–Kier alpha value is -0.160. The van der Waals surface area contributed by atoms with Gasteiger partial charge in [0.1, 0.15) is 0 Å². The molecule has 0 radical (unpaired) electrons. The Morgan fingerprint density at radius 1 is 1.46 bits per heavy atom. The molecule has 2 rings (SSSR count). The Labute approximate surface area is 78.7 Å². The molecule has 4 heteroatoms. The molecule has 2 heterocycles. The quantitative estimate of drug-likeness (QED) is 0.534. The number of rotatable bonds is 3. The maximum absolute atomic E-state index is 9.50. The van der Waals surface area contributed by atoms with Crippen molar-refractivity contribution in [1.29, 1.82) is 0 Å². The molecule has 3 atom stereocenters. The van der Waals surface area contributed by atoms with Gasteiger partial charge in [0.05, 0.1) is 12.2 Å². The monoisotopic (exact) mass is 186 g/mol. The summed E-state index contributed by atoms with van der Waals surface area (Å²) in [6.45, 7) is 3.36. The normalized spacial score (nSPS) is 39.9. The first kappa shape index (κ1) is 9.40. The van der Waals surface area contributed by atoms with Gasteiger partial charge in [-0.15, -0.1) is 0 Å². The van der Waals surface area contributed by atoms with Crippen LogP contribution in [0.25, 0.3) is 0 Å². The van der Waals surface area contributed by atoms with Crippen LogP contribution in [0.2, 0.25) is 0 Å². The van der Waals surface area contributed by atoms with Gasteiger partial charge in [0.15, 0.2) is 0 Å². The predicted octanol–water partition coefficient (Wildman–Crippen LogP) is -0.912. The SMILES string of the molecule is O[C@@H]1CNC[C@H]1NCC1CCCO1. The second kappa shape index (κ2) is 4.37. The molecular formula is C9H18N2O2. The second-order valence-corrected chi connectivity index (χ2v) is 3.88. The van der Waals surface area contributed by atoms with Crippen LogP contribution in [0.3, 0.4) is 0 Å². The van der Waals surface area contributed by atoms with Gasteiger partial charge >= 0.3 is 0 Å². The highest BCUT2D eigenvalue weighted by Crippen LogP contribution is 2.11. The number of aliphatic hydroxyl groups excluding tert-OH is 1. The van der Waals surface area contributed by atoms with Gasteiger partial charge < -0.3 is 20.5 Å². The van der Waals surface area contributed by atoms with E-state index in [9.17, 15) is 5.11 Å². The Morgan fingerprint density at radius 3 is 3.00 bits per heavy atom. The summed E-state index contributed by atoms with van der Waals surface area (Å²) in [4.78, 5) is 0. The average Bonchev–Trinajstić information content (AvgIpc) is 2.72. The van der Waals surface area contributed by atoms with Gasteiger partial charge in [-0.05, 0) is 12.8 Å². The van der Waals surface area contributed by atoms with Crippen LogP contribution in [-0.4, -0.2) is 49.6 Å². The minimum Gasteiger partial charge on any atom is -0.390 e. The summed E-state index contributed by atoms with van der Waals surface area (Å²) in [5.74, 6) is 0. The van der Waals surface area contributed by atoms with Crippen molar-refractivity contribution in [2.75, 3.05) is 26.2 Å². The molecule has 1 unspecified atom stereocenters. The molecule has 0 amide bonds. The summed E-state index contributed by atoms with van der Waals surface area (Å²) in [5.41, 5.74) is 0. The fourth-order valence-corrected chi connectivity index (χ4v) is 1.96. The van der Waals surface area contributed by atoms with Crippen molar-refractivity contribution in [3.63, 3.8) is 0 Å². The first-order valence-electron chi connectivity index (χ1n) is 5.10. The van der Waals surface area contributed by atoms with E-state index in [-0.39, 0.29) is 12.1 Å². The van der Waals surface area contributed by atoms with E-state index in [2.05, 4.69) is 10.6 Å². The highest BCUT2D eigenvalue weighted by Gasteiger charge is 2.25. The van der Waals surface area contributed by atoms with Gasteiger partial charge in [0, 0.05) is 32.3 Å². The minimum absolute atomic E-state index is 0.212. The van der Waals surface area contributed by atoms with Crippen molar-refractivity contribution in [3.05, 3.63) is 0 Å². The summed E-state index contributed by atoms with van der Waals surface area (Å²) in [6, 6.07) is 0.212. The molecular weight excluding hydrogens is 168 g/mol. The molecule has 3 N–H and O–H groups in total. The van der Waals surface area contributed by atoms with Crippen molar-refractivity contribution in [3.8, 4) is 0 Å². The van der Waals surface area contributed by atoms with E-state index in [0.717, 1.165) is 26.1 Å². The van der Waals surface area contributed by atoms with E-state index in [4.69, 9.17) is 4.74 Å². The van der Waals surface area contributed by atoms with E-state index in [1.807, 2.05) is 0 Å². The fourth-order valence-electron chi connectivity index (χ4n) is 1.96. The predicted molar refractivity (Wildman–Crippen MR) is 49.6 cm³/mol. The molecule has 2 fully saturated rings. The van der Waals surface area contributed by atoms with Gasteiger partial charge in [-0.1, -0.05) is 0 Å². The Bertz CT molecular complexity index is 160.